The molecule has 1 aliphatic heterocycles. The average molecular weight is 243 g/mol. The van der Waals surface area contributed by atoms with Gasteiger partial charge in [0.05, 0.1) is 12.7 Å². The van der Waals surface area contributed by atoms with Gasteiger partial charge >= 0.3 is 0 Å². The van der Waals surface area contributed by atoms with Gasteiger partial charge in [0, 0.05) is 33.4 Å². The lowest BCUT2D eigenvalue weighted by molar-refractivity contribution is 0.105. The minimum atomic E-state index is 0.258. The molecule has 1 aliphatic rings. The number of methoxy groups -OCH3 is 1. The fourth-order valence-corrected chi connectivity index (χ4v) is 1.94. The molecule has 0 amide bonds. The summed E-state index contributed by atoms with van der Waals surface area (Å²) >= 11 is 0. The van der Waals surface area contributed by atoms with Crippen LogP contribution in [0.4, 0.5) is 0 Å². The van der Waals surface area contributed by atoms with Crippen LogP contribution in [0.2, 0.25) is 0 Å². The van der Waals surface area contributed by atoms with Crippen molar-refractivity contribution in [3.8, 4) is 0 Å². The van der Waals surface area contributed by atoms with Crippen LogP contribution in [0.1, 0.15) is 26.2 Å². The summed E-state index contributed by atoms with van der Waals surface area (Å²) < 4.78 is 10.6. The zero-order valence-corrected chi connectivity index (χ0v) is 11.2. The van der Waals surface area contributed by atoms with E-state index in [9.17, 15) is 0 Å². The molecule has 5 heteroatoms. The average Bonchev–Trinajstić information content (AvgIpc) is 2.81. The van der Waals surface area contributed by atoms with Crippen LogP contribution in [0.25, 0.3) is 0 Å². The highest BCUT2D eigenvalue weighted by atomic mass is 16.5. The van der Waals surface area contributed by atoms with Gasteiger partial charge in [-0.25, -0.2) is 0 Å². The van der Waals surface area contributed by atoms with Crippen LogP contribution in [-0.2, 0) is 9.47 Å². The molecule has 0 bridgehead atoms. The minimum Gasteiger partial charge on any atom is -0.383 e. The SMILES string of the molecule is CN=C(NCCC1CCCO1)NC(C)COC. The Morgan fingerprint density at radius 1 is 1.59 bits per heavy atom. The normalized spacial score (nSPS) is 22.5. The summed E-state index contributed by atoms with van der Waals surface area (Å²) in [6.07, 6.45) is 3.85. The van der Waals surface area contributed by atoms with Gasteiger partial charge in [0.25, 0.3) is 0 Å². The molecule has 5 nitrogen and oxygen atoms in total. The quantitative estimate of drug-likeness (QED) is 0.534. The van der Waals surface area contributed by atoms with Crippen LogP contribution in [0.15, 0.2) is 4.99 Å². The first-order valence-corrected chi connectivity index (χ1v) is 6.34. The molecule has 1 rings (SSSR count). The second-order valence-electron chi connectivity index (χ2n) is 4.42. The Bertz CT molecular complexity index is 228. The van der Waals surface area contributed by atoms with Crippen molar-refractivity contribution in [1.82, 2.24) is 10.6 Å². The van der Waals surface area contributed by atoms with Crippen molar-refractivity contribution < 1.29 is 9.47 Å². The van der Waals surface area contributed by atoms with Gasteiger partial charge in [-0.3, -0.25) is 4.99 Å². The van der Waals surface area contributed by atoms with Gasteiger partial charge < -0.3 is 20.1 Å². The fraction of sp³-hybridized carbons (Fsp3) is 0.917. The van der Waals surface area contributed by atoms with Crippen molar-refractivity contribution in [2.45, 2.75) is 38.3 Å². The summed E-state index contributed by atoms with van der Waals surface area (Å²) in [5, 5.41) is 6.55. The van der Waals surface area contributed by atoms with Crippen molar-refractivity contribution in [3.05, 3.63) is 0 Å². The molecular weight excluding hydrogens is 218 g/mol. The molecule has 100 valence electrons. The molecule has 1 heterocycles. The first-order chi connectivity index (χ1) is 8.26. The summed E-state index contributed by atoms with van der Waals surface area (Å²) in [5.41, 5.74) is 0. The molecule has 0 radical (unpaired) electrons. The van der Waals surface area contributed by atoms with Crippen LogP contribution in [0.5, 0.6) is 0 Å². The Morgan fingerprint density at radius 2 is 2.41 bits per heavy atom. The van der Waals surface area contributed by atoms with Gasteiger partial charge in [-0.2, -0.15) is 0 Å². The van der Waals surface area contributed by atoms with Crippen molar-refractivity contribution in [2.24, 2.45) is 4.99 Å². The number of aliphatic imine (C=N–C) groups is 1. The summed E-state index contributed by atoms with van der Waals surface area (Å²) in [4.78, 5) is 4.17. The molecule has 0 aliphatic carbocycles. The molecular formula is C12H25N3O2. The highest BCUT2D eigenvalue weighted by molar-refractivity contribution is 5.79. The largest absolute Gasteiger partial charge is 0.383 e. The summed E-state index contributed by atoms with van der Waals surface area (Å²) in [7, 11) is 3.48. The summed E-state index contributed by atoms with van der Waals surface area (Å²) in [5.74, 6) is 0.826. The number of rotatable bonds is 6. The molecule has 0 aromatic carbocycles. The fourth-order valence-electron chi connectivity index (χ4n) is 1.94. The van der Waals surface area contributed by atoms with Gasteiger partial charge in [-0.1, -0.05) is 0 Å². The van der Waals surface area contributed by atoms with Crippen molar-refractivity contribution >= 4 is 5.96 Å². The molecule has 0 spiro atoms. The zero-order chi connectivity index (χ0) is 12.5. The van der Waals surface area contributed by atoms with E-state index in [1.807, 2.05) is 0 Å². The Labute approximate surface area is 104 Å². The predicted octanol–water partition coefficient (Wildman–Crippen LogP) is 0.755. The van der Waals surface area contributed by atoms with E-state index in [0.29, 0.717) is 12.7 Å². The molecule has 17 heavy (non-hydrogen) atoms. The van der Waals surface area contributed by atoms with Gasteiger partial charge in [-0.05, 0) is 26.2 Å². The number of ether oxygens (including phenoxy) is 2. The summed E-state index contributed by atoms with van der Waals surface area (Å²) in [6.45, 7) is 4.55. The van der Waals surface area contributed by atoms with E-state index in [4.69, 9.17) is 9.47 Å². The molecule has 1 fully saturated rings. The Morgan fingerprint density at radius 3 is 3.00 bits per heavy atom. The van der Waals surface area contributed by atoms with Crippen LogP contribution in [0.3, 0.4) is 0 Å². The van der Waals surface area contributed by atoms with Crippen LogP contribution < -0.4 is 10.6 Å². The van der Waals surface area contributed by atoms with Gasteiger partial charge in [0.2, 0.25) is 0 Å². The van der Waals surface area contributed by atoms with Crippen molar-refractivity contribution in [2.75, 3.05) is 33.9 Å². The van der Waals surface area contributed by atoms with Crippen molar-refractivity contribution in [1.29, 1.82) is 0 Å². The highest BCUT2D eigenvalue weighted by Crippen LogP contribution is 2.14. The maximum absolute atomic E-state index is 5.57. The third-order valence-corrected chi connectivity index (χ3v) is 2.81. The first kappa shape index (κ1) is 14.3. The van der Waals surface area contributed by atoms with E-state index in [0.717, 1.165) is 25.5 Å². The molecule has 0 aromatic heterocycles. The molecule has 2 atom stereocenters. The molecule has 2 unspecified atom stereocenters. The monoisotopic (exact) mass is 243 g/mol. The standard InChI is InChI=1S/C12H25N3O2/c1-10(9-16-3)15-12(13-2)14-7-6-11-5-4-8-17-11/h10-11H,4-9H2,1-3H3,(H2,13,14,15). The second-order valence-corrected chi connectivity index (χ2v) is 4.42. The third-order valence-electron chi connectivity index (χ3n) is 2.81. The topological polar surface area (TPSA) is 54.9 Å². The molecule has 0 saturated carbocycles. The number of hydrogen-bond donors (Lipinski definition) is 2. The molecule has 2 N–H and O–H groups in total. The number of nitrogens with one attached hydrogen (secondary N) is 2. The maximum atomic E-state index is 5.57. The van der Waals surface area contributed by atoms with E-state index in [1.165, 1.54) is 12.8 Å². The smallest absolute Gasteiger partial charge is 0.191 e. The van der Waals surface area contributed by atoms with E-state index < -0.39 is 0 Å². The Kier molecular flexibility index (Phi) is 6.96. The third kappa shape index (κ3) is 5.89. The van der Waals surface area contributed by atoms with E-state index in [2.05, 4.69) is 22.5 Å². The predicted molar refractivity (Wildman–Crippen MR) is 69.4 cm³/mol. The van der Waals surface area contributed by atoms with Crippen LogP contribution in [-0.4, -0.2) is 52.0 Å². The van der Waals surface area contributed by atoms with Gasteiger partial charge in [0.15, 0.2) is 5.96 Å². The van der Waals surface area contributed by atoms with Crippen LogP contribution in [0, 0.1) is 0 Å². The Hall–Kier alpha value is -0.810. The maximum Gasteiger partial charge on any atom is 0.191 e. The van der Waals surface area contributed by atoms with Crippen molar-refractivity contribution in [3.63, 3.8) is 0 Å². The number of nitrogens with zero attached hydrogens (tertiary/aromatic N) is 1. The summed E-state index contributed by atoms with van der Waals surface area (Å²) in [6, 6.07) is 0.258. The minimum absolute atomic E-state index is 0.258. The lowest BCUT2D eigenvalue weighted by atomic mass is 10.2. The zero-order valence-electron chi connectivity index (χ0n) is 11.2. The molecule has 1 saturated heterocycles. The number of guanidine groups is 1. The second kappa shape index (κ2) is 8.31. The lowest BCUT2D eigenvalue weighted by Gasteiger charge is -2.18. The van der Waals surface area contributed by atoms with E-state index in [1.54, 1.807) is 14.2 Å². The highest BCUT2D eigenvalue weighted by Gasteiger charge is 2.14. The van der Waals surface area contributed by atoms with E-state index >= 15 is 0 Å². The first-order valence-electron chi connectivity index (χ1n) is 6.34. The van der Waals surface area contributed by atoms with E-state index in [-0.39, 0.29) is 6.04 Å². The lowest BCUT2D eigenvalue weighted by Crippen LogP contribution is -2.44. The number of hydrogen-bond acceptors (Lipinski definition) is 3. The Balaban J connectivity index is 2.13. The van der Waals surface area contributed by atoms with Crippen LogP contribution >= 0.6 is 0 Å². The van der Waals surface area contributed by atoms with Gasteiger partial charge in [0.1, 0.15) is 0 Å². The molecule has 0 aromatic rings. The van der Waals surface area contributed by atoms with Gasteiger partial charge in [-0.15, -0.1) is 0 Å².